The fraction of sp³-hybridized carbons (Fsp3) is 0.182. The molecule has 0 bridgehead atoms. The van der Waals surface area contributed by atoms with Gasteiger partial charge in [-0.15, -0.1) is 0 Å². The zero-order valence-electron chi connectivity index (χ0n) is 15.6. The van der Waals surface area contributed by atoms with E-state index in [4.69, 9.17) is 4.42 Å². The van der Waals surface area contributed by atoms with Gasteiger partial charge in [-0.25, -0.2) is 4.79 Å². The van der Waals surface area contributed by atoms with Gasteiger partial charge in [0.2, 0.25) is 0 Å². The van der Waals surface area contributed by atoms with Gasteiger partial charge in [-0.2, -0.15) is 0 Å². The Morgan fingerprint density at radius 3 is 2.21 bits per heavy atom. The van der Waals surface area contributed by atoms with Gasteiger partial charge in [0.15, 0.2) is 5.76 Å². The number of carbonyl (C=O) groups excluding carboxylic acids is 2. The van der Waals surface area contributed by atoms with Crippen LogP contribution in [0.2, 0.25) is 0 Å². The molecule has 3 N–H and O–H groups in total. The van der Waals surface area contributed by atoms with Gasteiger partial charge in [-0.05, 0) is 61.7 Å². The standard InChI is InChI=1S/C22H23N3O3/c1-16(9-10-17-6-3-2-4-7-17)23-22(27)25-19-13-11-18(12-14-19)24-21(26)20-8-5-15-28-20/h2-8,11-16H,9-10H2,1H3,(H,24,26)(H2,23,25,27)/t16-/m1/s1. The predicted octanol–water partition coefficient (Wildman–Crippen LogP) is 4.67. The minimum atomic E-state index is -0.323. The summed E-state index contributed by atoms with van der Waals surface area (Å²) in [7, 11) is 0. The Bertz CT molecular complexity index is 891. The van der Waals surface area contributed by atoms with Crippen molar-refractivity contribution >= 4 is 23.3 Å². The van der Waals surface area contributed by atoms with Crippen LogP contribution in [0.4, 0.5) is 16.2 Å². The van der Waals surface area contributed by atoms with Crippen molar-refractivity contribution < 1.29 is 14.0 Å². The van der Waals surface area contributed by atoms with E-state index >= 15 is 0 Å². The van der Waals surface area contributed by atoms with Crippen LogP contribution in [0.3, 0.4) is 0 Å². The van der Waals surface area contributed by atoms with E-state index in [1.165, 1.54) is 11.8 Å². The first-order valence-electron chi connectivity index (χ1n) is 9.16. The number of benzene rings is 2. The van der Waals surface area contributed by atoms with E-state index in [1.807, 2.05) is 25.1 Å². The molecule has 0 unspecified atom stereocenters. The Morgan fingerprint density at radius 1 is 0.893 bits per heavy atom. The molecular formula is C22H23N3O3. The number of nitrogens with one attached hydrogen (secondary N) is 3. The number of amides is 3. The Morgan fingerprint density at radius 2 is 1.57 bits per heavy atom. The third kappa shape index (κ3) is 5.74. The first kappa shape index (κ1) is 19.2. The summed E-state index contributed by atoms with van der Waals surface area (Å²) < 4.78 is 5.05. The fourth-order valence-corrected chi connectivity index (χ4v) is 2.73. The molecule has 1 aromatic heterocycles. The Kier molecular flexibility index (Phi) is 6.46. The maximum atomic E-state index is 12.1. The van der Waals surface area contributed by atoms with Crippen LogP contribution in [0.25, 0.3) is 0 Å². The summed E-state index contributed by atoms with van der Waals surface area (Å²) in [5.74, 6) is -0.0817. The molecule has 1 atom stereocenters. The summed E-state index contributed by atoms with van der Waals surface area (Å²) in [6, 6.07) is 20.1. The quantitative estimate of drug-likeness (QED) is 0.559. The van der Waals surface area contributed by atoms with E-state index < -0.39 is 0 Å². The summed E-state index contributed by atoms with van der Waals surface area (Å²) in [6.07, 6.45) is 3.21. The molecule has 0 aliphatic heterocycles. The Balaban J connectivity index is 1.44. The second-order valence-corrected chi connectivity index (χ2v) is 6.53. The number of hydrogen-bond donors (Lipinski definition) is 3. The van der Waals surface area contributed by atoms with Crippen LogP contribution in [0.15, 0.2) is 77.4 Å². The van der Waals surface area contributed by atoms with Crippen LogP contribution < -0.4 is 16.0 Å². The first-order valence-corrected chi connectivity index (χ1v) is 9.16. The van der Waals surface area contributed by atoms with Gasteiger partial charge >= 0.3 is 6.03 Å². The van der Waals surface area contributed by atoms with Crippen LogP contribution >= 0.6 is 0 Å². The number of urea groups is 1. The minimum Gasteiger partial charge on any atom is -0.459 e. The van der Waals surface area contributed by atoms with Crippen LogP contribution in [-0.4, -0.2) is 18.0 Å². The van der Waals surface area contributed by atoms with E-state index in [9.17, 15) is 9.59 Å². The molecule has 0 spiro atoms. The summed E-state index contributed by atoms with van der Waals surface area (Å²) in [5, 5.41) is 8.46. The molecule has 6 heteroatoms. The second-order valence-electron chi connectivity index (χ2n) is 6.53. The number of furan rings is 1. The van der Waals surface area contributed by atoms with E-state index in [0.717, 1.165) is 12.8 Å². The lowest BCUT2D eigenvalue weighted by molar-refractivity contribution is 0.0996. The topological polar surface area (TPSA) is 83.4 Å². The van der Waals surface area contributed by atoms with Gasteiger partial charge in [0, 0.05) is 17.4 Å². The van der Waals surface area contributed by atoms with E-state index in [0.29, 0.717) is 11.4 Å². The van der Waals surface area contributed by atoms with Crippen molar-refractivity contribution in [2.75, 3.05) is 10.6 Å². The van der Waals surface area contributed by atoms with Crippen LogP contribution in [0, 0.1) is 0 Å². The molecular weight excluding hydrogens is 354 g/mol. The molecule has 0 aliphatic rings. The molecule has 3 amide bonds. The van der Waals surface area contributed by atoms with Crippen molar-refractivity contribution in [3.8, 4) is 0 Å². The summed E-state index contributed by atoms with van der Waals surface area (Å²) >= 11 is 0. The number of anilines is 2. The summed E-state index contributed by atoms with van der Waals surface area (Å²) in [6.45, 7) is 1.98. The first-order chi connectivity index (χ1) is 13.6. The number of rotatable bonds is 7. The van der Waals surface area contributed by atoms with Gasteiger partial charge in [0.05, 0.1) is 6.26 Å². The molecule has 0 saturated heterocycles. The number of aryl methyl sites for hydroxylation is 1. The fourth-order valence-electron chi connectivity index (χ4n) is 2.73. The van der Waals surface area contributed by atoms with Gasteiger partial charge in [0.1, 0.15) is 0 Å². The molecule has 6 nitrogen and oxygen atoms in total. The molecule has 0 saturated carbocycles. The molecule has 0 aliphatic carbocycles. The lowest BCUT2D eigenvalue weighted by Crippen LogP contribution is -2.36. The van der Waals surface area contributed by atoms with Crippen molar-refractivity contribution in [3.63, 3.8) is 0 Å². The molecule has 28 heavy (non-hydrogen) atoms. The average Bonchev–Trinajstić information content (AvgIpc) is 3.24. The van der Waals surface area contributed by atoms with Crippen LogP contribution in [-0.2, 0) is 6.42 Å². The third-order valence-electron chi connectivity index (χ3n) is 4.23. The Hall–Kier alpha value is -3.54. The maximum Gasteiger partial charge on any atom is 0.319 e. The van der Waals surface area contributed by atoms with Crippen molar-refractivity contribution in [3.05, 3.63) is 84.3 Å². The smallest absolute Gasteiger partial charge is 0.319 e. The normalized spacial score (nSPS) is 11.5. The van der Waals surface area contributed by atoms with Crippen molar-refractivity contribution in [1.29, 1.82) is 0 Å². The second kappa shape index (κ2) is 9.41. The lowest BCUT2D eigenvalue weighted by atomic mass is 10.1. The number of hydrogen-bond acceptors (Lipinski definition) is 3. The largest absolute Gasteiger partial charge is 0.459 e. The van der Waals surface area contributed by atoms with E-state index in [2.05, 4.69) is 28.1 Å². The zero-order valence-corrected chi connectivity index (χ0v) is 15.6. The Labute approximate surface area is 164 Å². The maximum absolute atomic E-state index is 12.1. The molecule has 0 fully saturated rings. The van der Waals surface area contributed by atoms with Crippen molar-refractivity contribution in [2.45, 2.75) is 25.8 Å². The van der Waals surface area contributed by atoms with Crippen molar-refractivity contribution in [2.24, 2.45) is 0 Å². The highest BCUT2D eigenvalue weighted by Gasteiger charge is 2.10. The van der Waals surface area contributed by atoms with Gasteiger partial charge in [-0.1, -0.05) is 30.3 Å². The lowest BCUT2D eigenvalue weighted by Gasteiger charge is -2.15. The predicted molar refractivity (Wildman–Crippen MR) is 109 cm³/mol. The zero-order chi connectivity index (χ0) is 19.8. The average molecular weight is 377 g/mol. The van der Waals surface area contributed by atoms with Crippen LogP contribution in [0.1, 0.15) is 29.5 Å². The van der Waals surface area contributed by atoms with Crippen molar-refractivity contribution in [1.82, 2.24) is 5.32 Å². The molecule has 144 valence electrons. The highest BCUT2D eigenvalue weighted by molar-refractivity contribution is 6.02. The highest BCUT2D eigenvalue weighted by atomic mass is 16.3. The van der Waals surface area contributed by atoms with E-state index in [-0.39, 0.29) is 23.7 Å². The molecule has 1 heterocycles. The van der Waals surface area contributed by atoms with Gasteiger partial charge < -0.3 is 20.4 Å². The molecule has 3 rings (SSSR count). The molecule has 0 radical (unpaired) electrons. The van der Waals surface area contributed by atoms with Gasteiger partial charge in [0.25, 0.3) is 5.91 Å². The van der Waals surface area contributed by atoms with Gasteiger partial charge in [-0.3, -0.25) is 4.79 Å². The molecule has 2 aromatic carbocycles. The van der Waals surface area contributed by atoms with Crippen LogP contribution in [0.5, 0.6) is 0 Å². The highest BCUT2D eigenvalue weighted by Crippen LogP contribution is 2.15. The monoisotopic (exact) mass is 377 g/mol. The third-order valence-corrected chi connectivity index (χ3v) is 4.23. The number of carbonyl (C=O) groups is 2. The summed E-state index contributed by atoms with van der Waals surface area (Å²) in [4.78, 5) is 24.1. The molecule has 3 aromatic rings. The summed E-state index contributed by atoms with van der Waals surface area (Å²) in [5.41, 5.74) is 2.51. The van der Waals surface area contributed by atoms with E-state index in [1.54, 1.807) is 36.4 Å². The SMILES string of the molecule is C[C@H](CCc1ccccc1)NC(=O)Nc1ccc(NC(=O)c2ccco2)cc1. The minimum absolute atomic E-state index is 0.0482.